The van der Waals surface area contributed by atoms with Crippen molar-refractivity contribution in [1.29, 1.82) is 0 Å². The summed E-state index contributed by atoms with van der Waals surface area (Å²) in [7, 11) is 0. The smallest absolute Gasteiger partial charge is 0.0646 e. The molecule has 2 saturated carbocycles. The Hall–Kier alpha value is -1.58. The van der Waals surface area contributed by atoms with Crippen LogP contribution >= 0.6 is 0 Å². The van der Waals surface area contributed by atoms with E-state index in [0.717, 1.165) is 24.1 Å². The third kappa shape index (κ3) is 5.46. The van der Waals surface area contributed by atoms with Gasteiger partial charge in [-0.15, -0.1) is 35.9 Å². The van der Waals surface area contributed by atoms with Crippen LogP contribution in [0.1, 0.15) is 58.9 Å². The second kappa shape index (κ2) is 10.6. The molecule has 5 rings (SSSR count). The number of nitrogens with zero attached hydrogens (tertiary/aromatic N) is 1. The van der Waals surface area contributed by atoms with E-state index in [9.17, 15) is 10.2 Å². The number of hydrogen-bond acceptors (Lipinski definition) is 3. The predicted molar refractivity (Wildman–Crippen MR) is 136 cm³/mol. The second-order valence-electron chi connectivity index (χ2n) is 11.5. The molecule has 1 radical (unpaired) electrons. The summed E-state index contributed by atoms with van der Waals surface area (Å²) < 4.78 is 0. The average molecular weight is 637 g/mol. The minimum Gasteiger partial charge on any atom is -0.392 e. The zero-order valence-electron chi connectivity index (χ0n) is 21.0. The van der Waals surface area contributed by atoms with Gasteiger partial charge in [-0.1, -0.05) is 57.9 Å². The monoisotopic (exact) mass is 637 g/mol. The van der Waals surface area contributed by atoms with Crippen molar-refractivity contribution in [3.63, 3.8) is 0 Å². The van der Waals surface area contributed by atoms with E-state index in [2.05, 4.69) is 63.9 Å². The normalized spacial score (nSPS) is 27.0. The molecule has 0 amide bonds. The van der Waals surface area contributed by atoms with Gasteiger partial charge in [0.1, 0.15) is 0 Å². The Kier molecular flexibility index (Phi) is 8.41. The first-order valence-electron chi connectivity index (χ1n) is 12.3. The van der Waals surface area contributed by atoms with Crippen molar-refractivity contribution in [2.45, 2.75) is 72.5 Å². The molecule has 2 N–H and O–H groups in total. The molecule has 0 bridgehead atoms. The number of hydrogen-bond donors (Lipinski definition) is 2. The summed E-state index contributed by atoms with van der Waals surface area (Å²) in [6, 6.07) is 19.7. The Balaban J connectivity index is 0.000000186. The van der Waals surface area contributed by atoms with Crippen molar-refractivity contribution in [2.24, 2.45) is 22.7 Å². The molecule has 4 atom stereocenters. The topological polar surface area (TPSA) is 53.4 Å². The molecule has 1 heterocycles. The summed E-state index contributed by atoms with van der Waals surface area (Å²) in [6.07, 6.45) is 5.66. The molecular weight excluding hydrogens is 599 g/mol. The van der Waals surface area contributed by atoms with Crippen LogP contribution in [0.4, 0.5) is 0 Å². The van der Waals surface area contributed by atoms with Crippen molar-refractivity contribution in [3.8, 4) is 11.3 Å². The minimum atomic E-state index is -0.350. The molecule has 2 aliphatic carbocycles. The number of pyridine rings is 1. The van der Waals surface area contributed by atoms with Gasteiger partial charge < -0.3 is 15.2 Å². The fourth-order valence-corrected chi connectivity index (χ4v) is 5.96. The Morgan fingerprint density at radius 2 is 1.71 bits per heavy atom. The van der Waals surface area contributed by atoms with Crippen LogP contribution in [-0.4, -0.2) is 27.4 Å². The van der Waals surface area contributed by atoms with Gasteiger partial charge in [0.25, 0.3) is 0 Å². The zero-order chi connectivity index (χ0) is 23.8. The maximum Gasteiger partial charge on any atom is 0.0646 e. The van der Waals surface area contributed by atoms with Crippen LogP contribution in [-0.2, 0) is 20.1 Å². The van der Waals surface area contributed by atoms with Gasteiger partial charge in [-0.25, -0.2) is 0 Å². The SMILES string of the molecule is CC1(C)CCCC2CC(C)(C)C(O)C2C1O.Cc1ccc2ccnc(-c3[c-]cccc3)c2c1.[Ir]. The number of rotatable bonds is 1. The van der Waals surface area contributed by atoms with Gasteiger partial charge in [-0.05, 0) is 65.5 Å². The molecule has 2 fully saturated rings. The van der Waals surface area contributed by atoms with Gasteiger partial charge in [0.05, 0.1) is 12.2 Å². The standard InChI is InChI=1S/C16H12N.C14H26O2.Ir/c1-12-7-8-13-9-10-17-16(15(13)11-12)14-5-3-2-4-6-14;1-13(2)7-5-6-9-8-14(3,4)12(16)10(9)11(13)15;/h2-5,7-11H,1H3;9-12,15-16H,5-8H2,1-4H3;/q-1;;. The van der Waals surface area contributed by atoms with Gasteiger partial charge in [0.2, 0.25) is 0 Å². The molecule has 3 nitrogen and oxygen atoms in total. The third-order valence-corrected chi connectivity index (χ3v) is 7.94. The Labute approximate surface area is 218 Å². The van der Waals surface area contributed by atoms with Crippen LogP contribution in [0.3, 0.4) is 0 Å². The predicted octanol–water partition coefficient (Wildman–Crippen LogP) is 6.59. The second-order valence-corrected chi connectivity index (χ2v) is 11.5. The first-order valence-corrected chi connectivity index (χ1v) is 12.3. The van der Waals surface area contributed by atoms with E-state index < -0.39 is 0 Å². The molecule has 0 spiro atoms. The molecule has 4 unspecified atom stereocenters. The molecule has 0 saturated heterocycles. The van der Waals surface area contributed by atoms with Crippen molar-refractivity contribution < 1.29 is 30.3 Å². The Morgan fingerprint density at radius 1 is 0.971 bits per heavy atom. The van der Waals surface area contributed by atoms with Gasteiger partial charge >= 0.3 is 0 Å². The van der Waals surface area contributed by atoms with Crippen molar-refractivity contribution in [3.05, 3.63) is 66.4 Å². The summed E-state index contributed by atoms with van der Waals surface area (Å²) in [5.41, 5.74) is 3.24. The molecule has 0 aliphatic heterocycles. The van der Waals surface area contributed by atoms with E-state index in [1.807, 2.05) is 36.5 Å². The van der Waals surface area contributed by atoms with Crippen LogP contribution in [0.15, 0.2) is 54.7 Å². The number of fused-ring (bicyclic) bond motifs is 2. The molecular formula is C30H38IrNO2-. The third-order valence-electron chi connectivity index (χ3n) is 7.94. The van der Waals surface area contributed by atoms with Crippen LogP contribution in [0.25, 0.3) is 22.0 Å². The zero-order valence-corrected chi connectivity index (χ0v) is 23.4. The van der Waals surface area contributed by atoms with Crippen molar-refractivity contribution in [2.75, 3.05) is 0 Å². The van der Waals surface area contributed by atoms with E-state index in [0.29, 0.717) is 5.92 Å². The first kappa shape index (κ1) is 27.0. The maximum absolute atomic E-state index is 10.5. The number of benzene rings is 2. The fraction of sp³-hybridized carbons (Fsp3) is 0.500. The molecule has 1 aromatic heterocycles. The minimum absolute atomic E-state index is 0. The van der Waals surface area contributed by atoms with Crippen LogP contribution in [0.5, 0.6) is 0 Å². The summed E-state index contributed by atoms with van der Waals surface area (Å²) in [5, 5.41) is 23.4. The molecule has 34 heavy (non-hydrogen) atoms. The van der Waals surface area contributed by atoms with Gasteiger partial charge in [0, 0.05) is 32.2 Å². The quantitative estimate of drug-likeness (QED) is 0.297. The van der Waals surface area contributed by atoms with Crippen LogP contribution in [0.2, 0.25) is 0 Å². The molecule has 3 aromatic rings. The van der Waals surface area contributed by atoms with E-state index >= 15 is 0 Å². The van der Waals surface area contributed by atoms with Gasteiger partial charge in [-0.3, -0.25) is 0 Å². The molecule has 185 valence electrons. The summed E-state index contributed by atoms with van der Waals surface area (Å²) in [4.78, 5) is 4.49. The summed E-state index contributed by atoms with van der Waals surface area (Å²) in [5.74, 6) is 0.606. The fourth-order valence-electron chi connectivity index (χ4n) is 5.96. The largest absolute Gasteiger partial charge is 0.392 e. The number of aliphatic hydroxyl groups is 2. The number of aryl methyl sites for hydroxylation is 1. The number of aliphatic hydroxyl groups excluding tert-OH is 2. The maximum atomic E-state index is 10.5. The van der Waals surface area contributed by atoms with Crippen molar-refractivity contribution in [1.82, 2.24) is 4.98 Å². The summed E-state index contributed by atoms with van der Waals surface area (Å²) in [6.45, 7) is 10.6. The van der Waals surface area contributed by atoms with Gasteiger partial charge in [0.15, 0.2) is 0 Å². The van der Waals surface area contributed by atoms with Crippen molar-refractivity contribution >= 4 is 10.8 Å². The molecule has 2 aromatic carbocycles. The Morgan fingerprint density at radius 3 is 2.41 bits per heavy atom. The molecule has 4 heteroatoms. The first-order chi connectivity index (χ1) is 15.6. The average Bonchev–Trinajstić information content (AvgIpc) is 2.94. The van der Waals surface area contributed by atoms with E-state index in [-0.39, 0.29) is 49.1 Å². The van der Waals surface area contributed by atoms with Gasteiger partial charge in [-0.2, -0.15) is 0 Å². The van der Waals surface area contributed by atoms with E-state index in [4.69, 9.17) is 0 Å². The van der Waals surface area contributed by atoms with E-state index in [1.165, 1.54) is 29.2 Å². The van der Waals surface area contributed by atoms with Crippen LogP contribution < -0.4 is 0 Å². The molecule has 2 aliphatic rings. The van der Waals surface area contributed by atoms with Crippen LogP contribution in [0, 0.1) is 35.7 Å². The Bertz CT molecular complexity index is 1100. The summed E-state index contributed by atoms with van der Waals surface area (Å²) >= 11 is 0. The number of aromatic nitrogens is 1. The van der Waals surface area contributed by atoms with E-state index in [1.54, 1.807) is 0 Å².